The summed E-state index contributed by atoms with van der Waals surface area (Å²) in [5, 5.41) is 11.2. The summed E-state index contributed by atoms with van der Waals surface area (Å²) in [7, 11) is 0. The van der Waals surface area contributed by atoms with Crippen molar-refractivity contribution in [2.24, 2.45) is 0 Å². The van der Waals surface area contributed by atoms with E-state index in [1.807, 2.05) is 45.0 Å². The highest BCUT2D eigenvalue weighted by Gasteiger charge is 2.25. The molecule has 1 N–H and O–H groups in total. The van der Waals surface area contributed by atoms with Crippen molar-refractivity contribution in [1.82, 2.24) is 24.9 Å². The van der Waals surface area contributed by atoms with E-state index in [0.29, 0.717) is 11.5 Å². The van der Waals surface area contributed by atoms with Gasteiger partial charge in [-0.25, -0.2) is 4.79 Å². The number of hydrogen-bond acceptors (Lipinski definition) is 5. The Bertz CT molecular complexity index is 903. The molecular weight excluding hydrogens is 386 g/mol. The predicted octanol–water partition coefficient (Wildman–Crippen LogP) is 3.50. The smallest absolute Gasteiger partial charge is 0.408 e. The number of alkyl carbamates (subject to hydrolysis) is 1. The SMILES string of the molecule is CC(C)(C)OC(=O)N[C@H](c1cccc(Br)c1)c1nnc2cnccn12. The summed E-state index contributed by atoms with van der Waals surface area (Å²) in [5.41, 5.74) is 0.859. The molecule has 1 aromatic carbocycles. The number of ether oxygens (including phenoxy) is 1. The molecular formula is C17H18BrN5O2. The molecule has 0 saturated carbocycles. The zero-order valence-electron chi connectivity index (χ0n) is 14.1. The number of hydrogen-bond donors (Lipinski definition) is 1. The zero-order valence-corrected chi connectivity index (χ0v) is 15.7. The molecule has 0 unspecified atom stereocenters. The number of rotatable bonds is 3. The van der Waals surface area contributed by atoms with E-state index in [1.54, 1.807) is 23.0 Å². The maximum absolute atomic E-state index is 12.3. The Kier molecular flexibility index (Phi) is 4.71. The van der Waals surface area contributed by atoms with E-state index in [9.17, 15) is 4.79 Å². The van der Waals surface area contributed by atoms with Crippen molar-refractivity contribution in [1.29, 1.82) is 0 Å². The molecule has 3 aromatic rings. The summed E-state index contributed by atoms with van der Waals surface area (Å²) in [4.78, 5) is 16.4. The summed E-state index contributed by atoms with van der Waals surface area (Å²) in [6.07, 6.45) is 4.49. The summed E-state index contributed by atoms with van der Waals surface area (Å²) in [6, 6.07) is 7.12. The number of aromatic nitrogens is 4. The van der Waals surface area contributed by atoms with Crippen LogP contribution in [0.1, 0.15) is 38.2 Å². The second-order valence-electron chi connectivity index (χ2n) is 6.50. The highest BCUT2D eigenvalue weighted by molar-refractivity contribution is 9.10. The maximum Gasteiger partial charge on any atom is 0.408 e. The van der Waals surface area contributed by atoms with Gasteiger partial charge in [-0.1, -0.05) is 28.1 Å². The number of nitrogens with one attached hydrogen (secondary N) is 1. The van der Waals surface area contributed by atoms with Crippen LogP contribution < -0.4 is 5.32 Å². The molecule has 0 fully saturated rings. The second kappa shape index (κ2) is 6.79. The minimum Gasteiger partial charge on any atom is -0.444 e. The van der Waals surface area contributed by atoms with E-state index in [2.05, 4.69) is 36.4 Å². The van der Waals surface area contributed by atoms with E-state index >= 15 is 0 Å². The monoisotopic (exact) mass is 403 g/mol. The summed E-state index contributed by atoms with van der Waals surface area (Å²) >= 11 is 3.46. The van der Waals surface area contributed by atoms with Crippen LogP contribution in [0.15, 0.2) is 47.3 Å². The minimum atomic E-state index is -0.595. The molecule has 2 aromatic heterocycles. The van der Waals surface area contributed by atoms with Crippen LogP contribution in [0.3, 0.4) is 0 Å². The van der Waals surface area contributed by atoms with Crippen molar-refractivity contribution in [2.45, 2.75) is 32.4 Å². The zero-order chi connectivity index (χ0) is 18.0. The van der Waals surface area contributed by atoms with Crippen LogP contribution >= 0.6 is 15.9 Å². The van der Waals surface area contributed by atoms with Crippen molar-refractivity contribution < 1.29 is 9.53 Å². The molecule has 3 rings (SSSR count). The Morgan fingerprint density at radius 1 is 1.32 bits per heavy atom. The Balaban J connectivity index is 2.02. The fourth-order valence-electron chi connectivity index (χ4n) is 2.38. The molecule has 0 spiro atoms. The summed E-state index contributed by atoms with van der Waals surface area (Å²) in [6.45, 7) is 5.45. The average Bonchev–Trinajstić information content (AvgIpc) is 2.95. The normalized spacial score (nSPS) is 12.8. The Morgan fingerprint density at radius 2 is 2.12 bits per heavy atom. The topological polar surface area (TPSA) is 81.4 Å². The third-order valence-electron chi connectivity index (χ3n) is 3.34. The maximum atomic E-state index is 12.3. The summed E-state index contributed by atoms with van der Waals surface area (Å²) < 4.78 is 8.09. The summed E-state index contributed by atoms with van der Waals surface area (Å²) in [5.74, 6) is 0.571. The molecule has 0 aliphatic carbocycles. The van der Waals surface area contributed by atoms with Gasteiger partial charge in [0.05, 0.1) is 6.20 Å². The van der Waals surface area contributed by atoms with Gasteiger partial charge in [0, 0.05) is 16.9 Å². The van der Waals surface area contributed by atoms with Gasteiger partial charge in [-0.3, -0.25) is 9.38 Å². The van der Waals surface area contributed by atoms with Gasteiger partial charge in [-0.05, 0) is 38.5 Å². The lowest BCUT2D eigenvalue weighted by Crippen LogP contribution is -2.36. The molecule has 0 radical (unpaired) electrons. The highest BCUT2D eigenvalue weighted by Crippen LogP contribution is 2.24. The van der Waals surface area contributed by atoms with Crippen LogP contribution in [0.2, 0.25) is 0 Å². The van der Waals surface area contributed by atoms with Crippen LogP contribution in [-0.4, -0.2) is 31.3 Å². The molecule has 0 bridgehead atoms. The first-order valence-corrected chi connectivity index (χ1v) is 8.52. The standard InChI is InChI=1S/C17H18BrN5O2/c1-17(2,3)25-16(24)20-14(11-5-4-6-12(18)9-11)15-22-21-13-10-19-7-8-23(13)15/h4-10,14H,1-3H3,(H,20,24)/t14-/m1/s1. The van der Waals surface area contributed by atoms with Crippen molar-refractivity contribution in [3.05, 3.63) is 58.7 Å². The van der Waals surface area contributed by atoms with E-state index in [1.165, 1.54) is 0 Å². The highest BCUT2D eigenvalue weighted by atomic mass is 79.9. The van der Waals surface area contributed by atoms with Gasteiger partial charge in [0.2, 0.25) is 0 Å². The van der Waals surface area contributed by atoms with Crippen molar-refractivity contribution in [2.75, 3.05) is 0 Å². The van der Waals surface area contributed by atoms with Gasteiger partial charge in [0.25, 0.3) is 0 Å². The first-order valence-electron chi connectivity index (χ1n) is 7.73. The lowest BCUT2D eigenvalue weighted by Gasteiger charge is -2.23. The number of fused-ring (bicyclic) bond motifs is 1. The van der Waals surface area contributed by atoms with Crippen molar-refractivity contribution in [3.8, 4) is 0 Å². The largest absolute Gasteiger partial charge is 0.444 e. The minimum absolute atomic E-state index is 0.523. The van der Waals surface area contributed by atoms with Crippen LogP contribution in [0.25, 0.3) is 5.65 Å². The molecule has 8 heteroatoms. The lowest BCUT2D eigenvalue weighted by molar-refractivity contribution is 0.0510. The molecule has 0 saturated heterocycles. The fourth-order valence-corrected chi connectivity index (χ4v) is 2.79. The first kappa shape index (κ1) is 17.3. The number of carbonyl (C=O) groups is 1. The van der Waals surface area contributed by atoms with Crippen molar-refractivity contribution >= 4 is 27.7 Å². The van der Waals surface area contributed by atoms with Crippen LogP contribution in [0.5, 0.6) is 0 Å². The van der Waals surface area contributed by atoms with Gasteiger partial charge in [-0.15, -0.1) is 10.2 Å². The Morgan fingerprint density at radius 3 is 2.84 bits per heavy atom. The number of benzene rings is 1. The molecule has 1 amide bonds. The number of carbonyl (C=O) groups excluding carboxylic acids is 1. The quantitative estimate of drug-likeness (QED) is 0.723. The van der Waals surface area contributed by atoms with Gasteiger partial charge >= 0.3 is 6.09 Å². The van der Waals surface area contributed by atoms with Crippen LogP contribution in [0, 0.1) is 0 Å². The van der Waals surface area contributed by atoms with Gasteiger partial charge in [-0.2, -0.15) is 0 Å². The van der Waals surface area contributed by atoms with E-state index in [4.69, 9.17) is 4.74 Å². The number of nitrogens with zero attached hydrogens (tertiary/aromatic N) is 4. The molecule has 2 heterocycles. The molecule has 1 atom stereocenters. The van der Waals surface area contributed by atoms with E-state index < -0.39 is 17.7 Å². The van der Waals surface area contributed by atoms with Crippen LogP contribution in [-0.2, 0) is 4.74 Å². The molecule has 0 aliphatic rings. The molecule has 0 aliphatic heterocycles. The molecule has 7 nitrogen and oxygen atoms in total. The van der Waals surface area contributed by atoms with Crippen molar-refractivity contribution in [3.63, 3.8) is 0 Å². The number of amides is 1. The predicted molar refractivity (Wildman–Crippen MR) is 96.1 cm³/mol. The van der Waals surface area contributed by atoms with Crippen LogP contribution in [0.4, 0.5) is 4.79 Å². The van der Waals surface area contributed by atoms with Gasteiger partial charge in [0.1, 0.15) is 11.6 Å². The van der Waals surface area contributed by atoms with E-state index in [0.717, 1.165) is 10.0 Å². The van der Waals surface area contributed by atoms with Gasteiger partial charge < -0.3 is 10.1 Å². The Hall–Kier alpha value is -2.48. The number of halogens is 1. The van der Waals surface area contributed by atoms with E-state index in [-0.39, 0.29) is 0 Å². The second-order valence-corrected chi connectivity index (χ2v) is 7.41. The lowest BCUT2D eigenvalue weighted by atomic mass is 10.1. The average molecular weight is 404 g/mol. The first-order chi connectivity index (χ1) is 11.8. The Labute approximate surface area is 153 Å². The molecule has 25 heavy (non-hydrogen) atoms. The molecule has 130 valence electrons. The van der Waals surface area contributed by atoms with Gasteiger partial charge in [0.15, 0.2) is 11.5 Å². The third-order valence-corrected chi connectivity index (χ3v) is 3.83. The fraction of sp³-hybridized carbons (Fsp3) is 0.294. The third kappa shape index (κ3) is 4.14.